The fraction of sp³-hybridized carbons (Fsp3) is 0.385. The monoisotopic (exact) mass is 248 g/mol. The summed E-state index contributed by atoms with van der Waals surface area (Å²) in [5, 5.41) is 12.8. The van der Waals surface area contributed by atoms with Gasteiger partial charge in [0, 0.05) is 18.7 Å². The Morgan fingerprint density at radius 1 is 1.28 bits per heavy atom. The quantitative estimate of drug-likeness (QED) is 0.349. The van der Waals surface area contributed by atoms with Crippen LogP contribution in [0.25, 0.3) is 0 Å². The van der Waals surface area contributed by atoms with Crippen molar-refractivity contribution in [3.63, 3.8) is 0 Å². The van der Waals surface area contributed by atoms with Gasteiger partial charge in [-0.05, 0) is 12.0 Å². The van der Waals surface area contributed by atoms with Gasteiger partial charge in [-0.25, -0.2) is 4.79 Å². The van der Waals surface area contributed by atoms with Gasteiger partial charge in [0.1, 0.15) is 5.84 Å². The number of amides is 2. The molecule has 0 fully saturated rings. The smallest absolute Gasteiger partial charge is 0.315 e. The van der Waals surface area contributed by atoms with Crippen molar-refractivity contribution < 1.29 is 4.79 Å². The van der Waals surface area contributed by atoms with E-state index >= 15 is 0 Å². The molecule has 0 aliphatic carbocycles. The summed E-state index contributed by atoms with van der Waals surface area (Å²) in [7, 11) is 0. The first kappa shape index (κ1) is 14.0. The highest BCUT2D eigenvalue weighted by molar-refractivity contribution is 5.94. The number of nitrogens with two attached hydrogens (primary N) is 1. The molecule has 0 saturated heterocycles. The van der Waals surface area contributed by atoms with E-state index < -0.39 is 0 Å². The molecule has 1 aromatic carbocycles. The van der Waals surface area contributed by atoms with Crippen molar-refractivity contribution in [1.29, 1.82) is 5.41 Å². The summed E-state index contributed by atoms with van der Waals surface area (Å²) >= 11 is 0. The molecule has 0 radical (unpaired) electrons. The van der Waals surface area contributed by atoms with Crippen LogP contribution in [0.3, 0.4) is 0 Å². The van der Waals surface area contributed by atoms with Crippen molar-refractivity contribution in [2.75, 3.05) is 6.54 Å². The van der Waals surface area contributed by atoms with Gasteiger partial charge in [-0.15, -0.1) is 0 Å². The lowest BCUT2D eigenvalue weighted by Gasteiger charge is -2.07. The normalized spacial score (nSPS) is 9.83. The molecule has 0 aromatic heterocycles. The second-order valence-electron chi connectivity index (χ2n) is 4.07. The molecule has 0 aliphatic rings. The van der Waals surface area contributed by atoms with Crippen molar-refractivity contribution in [3.8, 4) is 0 Å². The van der Waals surface area contributed by atoms with Crippen molar-refractivity contribution in [3.05, 3.63) is 35.4 Å². The van der Waals surface area contributed by atoms with Crippen LogP contribution >= 0.6 is 0 Å². The van der Waals surface area contributed by atoms with Gasteiger partial charge in [0.2, 0.25) is 0 Å². The maximum atomic E-state index is 11.4. The lowest BCUT2D eigenvalue weighted by molar-refractivity contribution is 0.240. The number of hydrogen-bond acceptors (Lipinski definition) is 2. The Hall–Kier alpha value is -2.04. The summed E-state index contributed by atoms with van der Waals surface area (Å²) in [5.74, 6) is 0.0480. The molecular formula is C13H20N4O. The van der Waals surface area contributed by atoms with Crippen LogP contribution in [0.5, 0.6) is 0 Å². The van der Waals surface area contributed by atoms with Crippen LogP contribution in [0.4, 0.5) is 4.79 Å². The Balaban J connectivity index is 2.34. The number of benzene rings is 1. The number of nitrogen functional groups attached to an aromatic ring is 1. The van der Waals surface area contributed by atoms with E-state index in [-0.39, 0.29) is 11.9 Å². The topological polar surface area (TPSA) is 91.0 Å². The second kappa shape index (κ2) is 7.32. The lowest BCUT2D eigenvalue weighted by Crippen LogP contribution is -2.35. The van der Waals surface area contributed by atoms with Crippen LogP contribution in [0.2, 0.25) is 0 Å². The van der Waals surface area contributed by atoms with Gasteiger partial charge in [0.05, 0.1) is 0 Å². The molecule has 1 aromatic rings. The molecule has 1 rings (SSSR count). The summed E-state index contributed by atoms with van der Waals surface area (Å²) < 4.78 is 0. The molecule has 5 nitrogen and oxygen atoms in total. The number of hydrogen-bond donors (Lipinski definition) is 4. The van der Waals surface area contributed by atoms with Crippen LogP contribution < -0.4 is 16.4 Å². The molecular weight excluding hydrogens is 228 g/mol. The fourth-order valence-corrected chi connectivity index (χ4v) is 1.43. The van der Waals surface area contributed by atoms with Gasteiger partial charge in [-0.3, -0.25) is 5.41 Å². The minimum absolute atomic E-state index is 0.0480. The van der Waals surface area contributed by atoms with Gasteiger partial charge in [-0.2, -0.15) is 0 Å². The van der Waals surface area contributed by atoms with E-state index in [4.69, 9.17) is 11.1 Å². The summed E-state index contributed by atoms with van der Waals surface area (Å²) in [6.07, 6.45) is 2.05. The first-order valence-corrected chi connectivity index (χ1v) is 6.08. The highest BCUT2D eigenvalue weighted by Crippen LogP contribution is 2.03. The predicted molar refractivity (Wildman–Crippen MR) is 72.6 cm³/mol. The fourth-order valence-electron chi connectivity index (χ4n) is 1.43. The summed E-state index contributed by atoms with van der Waals surface area (Å²) in [6, 6.07) is 7.09. The minimum atomic E-state index is -0.154. The Bertz CT molecular complexity index is 400. The van der Waals surface area contributed by atoms with E-state index in [1.54, 1.807) is 12.1 Å². The summed E-state index contributed by atoms with van der Waals surface area (Å²) in [5.41, 5.74) is 7.02. The standard InChI is InChI=1S/C13H20N4O/c1-2-3-8-16-13(18)17-9-10-4-6-11(7-5-10)12(14)15/h4-7H,2-3,8-9H2,1H3,(H3,14,15)(H2,16,17,18). The zero-order valence-corrected chi connectivity index (χ0v) is 10.6. The SMILES string of the molecule is CCCCNC(=O)NCc1ccc(C(=N)N)cc1. The molecule has 0 heterocycles. The Kier molecular flexibility index (Phi) is 5.70. The van der Waals surface area contributed by atoms with E-state index in [0.717, 1.165) is 18.4 Å². The number of nitrogens with one attached hydrogen (secondary N) is 3. The number of unbranched alkanes of at least 4 members (excludes halogenated alkanes) is 1. The first-order chi connectivity index (χ1) is 8.63. The molecule has 0 aliphatic heterocycles. The van der Waals surface area contributed by atoms with Gasteiger partial charge < -0.3 is 16.4 Å². The third-order valence-corrected chi connectivity index (χ3v) is 2.53. The largest absolute Gasteiger partial charge is 0.384 e. The van der Waals surface area contributed by atoms with Crippen molar-refractivity contribution >= 4 is 11.9 Å². The molecule has 98 valence electrons. The van der Waals surface area contributed by atoms with Crippen molar-refractivity contribution in [2.24, 2.45) is 5.73 Å². The molecule has 0 unspecified atom stereocenters. The molecule has 0 atom stereocenters. The zero-order valence-electron chi connectivity index (χ0n) is 10.6. The predicted octanol–water partition coefficient (Wildman–Crippen LogP) is 1.57. The second-order valence-corrected chi connectivity index (χ2v) is 4.07. The molecule has 18 heavy (non-hydrogen) atoms. The summed E-state index contributed by atoms with van der Waals surface area (Å²) in [4.78, 5) is 11.4. The van der Waals surface area contributed by atoms with Gasteiger partial charge >= 0.3 is 6.03 Å². The van der Waals surface area contributed by atoms with Gasteiger partial charge in [-0.1, -0.05) is 37.6 Å². The van der Waals surface area contributed by atoms with Crippen LogP contribution in [-0.4, -0.2) is 18.4 Å². The average Bonchev–Trinajstić information content (AvgIpc) is 2.37. The maximum absolute atomic E-state index is 11.4. The number of carbonyl (C=O) groups is 1. The Morgan fingerprint density at radius 3 is 2.50 bits per heavy atom. The highest BCUT2D eigenvalue weighted by Gasteiger charge is 2.00. The number of rotatable bonds is 6. The van der Waals surface area contributed by atoms with Gasteiger partial charge in [0.25, 0.3) is 0 Å². The minimum Gasteiger partial charge on any atom is -0.384 e. The van der Waals surface area contributed by atoms with E-state index in [0.29, 0.717) is 18.7 Å². The van der Waals surface area contributed by atoms with Crippen molar-refractivity contribution in [2.45, 2.75) is 26.3 Å². The number of amidine groups is 1. The van der Waals surface area contributed by atoms with Crippen molar-refractivity contribution in [1.82, 2.24) is 10.6 Å². The molecule has 5 heteroatoms. The molecule has 0 spiro atoms. The first-order valence-electron chi connectivity index (χ1n) is 6.08. The average molecular weight is 248 g/mol. The molecule has 0 saturated carbocycles. The third kappa shape index (κ3) is 4.86. The maximum Gasteiger partial charge on any atom is 0.315 e. The number of carbonyl (C=O) groups excluding carboxylic acids is 1. The van der Waals surface area contributed by atoms with Crippen LogP contribution in [0.15, 0.2) is 24.3 Å². The lowest BCUT2D eigenvalue weighted by atomic mass is 10.1. The van der Waals surface area contributed by atoms with Crippen LogP contribution in [-0.2, 0) is 6.54 Å². The van der Waals surface area contributed by atoms with Gasteiger partial charge in [0.15, 0.2) is 0 Å². The molecule has 2 amide bonds. The highest BCUT2D eigenvalue weighted by atomic mass is 16.2. The van der Waals surface area contributed by atoms with E-state index in [9.17, 15) is 4.79 Å². The summed E-state index contributed by atoms with van der Waals surface area (Å²) in [6.45, 7) is 3.25. The molecule has 5 N–H and O–H groups in total. The molecule has 0 bridgehead atoms. The number of urea groups is 1. The Morgan fingerprint density at radius 2 is 1.94 bits per heavy atom. The van der Waals surface area contributed by atoms with E-state index in [1.165, 1.54) is 0 Å². The van der Waals surface area contributed by atoms with E-state index in [1.807, 2.05) is 12.1 Å². The van der Waals surface area contributed by atoms with Crippen LogP contribution in [0, 0.1) is 5.41 Å². The Labute approximate surface area is 107 Å². The third-order valence-electron chi connectivity index (χ3n) is 2.53. The zero-order chi connectivity index (χ0) is 13.4. The van der Waals surface area contributed by atoms with E-state index in [2.05, 4.69) is 17.6 Å². The van der Waals surface area contributed by atoms with Crippen LogP contribution in [0.1, 0.15) is 30.9 Å².